The van der Waals surface area contributed by atoms with Crippen LogP contribution in [-0.2, 0) is 0 Å². The van der Waals surface area contributed by atoms with Gasteiger partial charge in [-0.05, 0) is 53.9 Å². The Kier molecular flexibility index (Phi) is 5.89. The summed E-state index contributed by atoms with van der Waals surface area (Å²) in [7, 11) is 3.99. The Morgan fingerprint density at radius 3 is 2.25 bits per heavy atom. The van der Waals surface area contributed by atoms with E-state index in [1.807, 2.05) is 67.5 Å². The zero-order valence-corrected chi connectivity index (χ0v) is 16.6. The number of carbonyl (C=O) groups is 1. The first-order valence-electron chi connectivity index (χ1n) is 9.22. The van der Waals surface area contributed by atoms with Gasteiger partial charge in [0.2, 0.25) is 0 Å². The summed E-state index contributed by atoms with van der Waals surface area (Å²) in [5.74, 6) is 0.618. The van der Waals surface area contributed by atoms with E-state index in [1.54, 1.807) is 12.1 Å². The van der Waals surface area contributed by atoms with E-state index in [0.717, 1.165) is 22.6 Å². The first-order valence-corrected chi connectivity index (χ1v) is 9.22. The lowest BCUT2D eigenvalue weighted by atomic mass is 10.0. The second-order valence-corrected chi connectivity index (χ2v) is 7.07. The van der Waals surface area contributed by atoms with Crippen molar-refractivity contribution in [2.24, 2.45) is 0 Å². The Hall–Kier alpha value is -3.41. The molecule has 28 heavy (non-hydrogen) atoms. The fraction of sp³-hybridized carbons (Fsp3) is 0.227. The van der Waals surface area contributed by atoms with Crippen LogP contribution in [0, 0.1) is 0 Å². The number of aromatic nitrogens is 2. The first-order chi connectivity index (χ1) is 13.4. The number of nitrogens with zero attached hydrogens (tertiary/aromatic N) is 3. The van der Waals surface area contributed by atoms with Crippen LogP contribution in [0.4, 0.5) is 22.9 Å². The molecule has 0 bridgehead atoms. The van der Waals surface area contributed by atoms with Gasteiger partial charge in [-0.2, -0.15) is 0 Å². The average Bonchev–Trinajstić information content (AvgIpc) is 2.69. The van der Waals surface area contributed by atoms with Crippen molar-refractivity contribution in [3.63, 3.8) is 0 Å². The molecular formula is C22H25N5O. The van der Waals surface area contributed by atoms with E-state index in [0.29, 0.717) is 11.7 Å². The van der Waals surface area contributed by atoms with Gasteiger partial charge in [0.15, 0.2) is 11.5 Å². The van der Waals surface area contributed by atoms with E-state index in [9.17, 15) is 4.79 Å². The Labute approximate surface area is 165 Å². The lowest BCUT2D eigenvalue weighted by Crippen LogP contribution is -2.16. The Morgan fingerprint density at radius 1 is 0.929 bits per heavy atom. The molecular weight excluding hydrogens is 350 g/mol. The topological polar surface area (TPSA) is 70.2 Å². The van der Waals surface area contributed by atoms with E-state index in [2.05, 4.69) is 34.7 Å². The molecule has 2 aromatic carbocycles. The molecule has 0 saturated heterocycles. The van der Waals surface area contributed by atoms with E-state index >= 15 is 0 Å². The molecule has 6 nitrogen and oxygen atoms in total. The van der Waals surface area contributed by atoms with Gasteiger partial charge in [0.25, 0.3) is 5.91 Å². The summed E-state index contributed by atoms with van der Waals surface area (Å²) in [4.78, 5) is 14.6. The van der Waals surface area contributed by atoms with Gasteiger partial charge in [-0.3, -0.25) is 4.79 Å². The monoisotopic (exact) mass is 375 g/mol. The van der Waals surface area contributed by atoms with Crippen molar-refractivity contribution in [3.8, 4) is 0 Å². The van der Waals surface area contributed by atoms with Gasteiger partial charge in [-0.25, -0.2) is 0 Å². The third kappa shape index (κ3) is 4.65. The lowest BCUT2D eigenvalue weighted by Gasteiger charge is -2.14. The van der Waals surface area contributed by atoms with E-state index in [4.69, 9.17) is 0 Å². The molecule has 1 heterocycles. The minimum Gasteiger partial charge on any atom is -0.378 e. The van der Waals surface area contributed by atoms with Crippen LogP contribution < -0.4 is 15.5 Å². The fourth-order valence-electron chi connectivity index (χ4n) is 2.81. The molecule has 0 saturated carbocycles. The number of benzene rings is 2. The Bertz CT molecular complexity index is 934. The number of anilines is 4. The maximum atomic E-state index is 12.5. The van der Waals surface area contributed by atoms with Crippen LogP contribution in [0.2, 0.25) is 0 Å². The molecule has 0 atom stereocenters. The molecule has 0 aliphatic heterocycles. The summed E-state index contributed by atoms with van der Waals surface area (Å²) in [6.07, 6.45) is 0. The number of para-hydroxylation sites is 1. The molecule has 1 aromatic heterocycles. The fourth-order valence-corrected chi connectivity index (χ4v) is 2.81. The summed E-state index contributed by atoms with van der Waals surface area (Å²) in [6.45, 7) is 4.19. The van der Waals surface area contributed by atoms with Crippen LogP contribution in [0.5, 0.6) is 0 Å². The Balaban J connectivity index is 1.68. The molecule has 0 aliphatic rings. The van der Waals surface area contributed by atoms with E-state index < -0.39 is 0 Å². The Morgan fingerprint density at radius 2 is 1.64 bits per heavy atom. The highest BCUT2D eigenvalue weighted by Gasteiger charge is 2.12. The van der Waals surface area contributed by atoms with Gasteiger partial charge in [-0.15, -0.1) is 10.2 Å². The van der Waals surface area contributed by atoms with Crippen molar-refractivity contribution in [2.45, 2.75) is 19.8 Å². The second kappa shape index (κ2) is 8.52. The molecule has 6 heteroatoms. The summed E-state index contributed by atoms with van der Waals surface area (Å²) >= 11 is 0. The van der Waals surface area contributed by atoms with Gasteiger partial charge in [0.1, 0.15) is 0 Å². The molecule has 144 valence electrons. The number of hydrogen-bond donors (Lipinski definition) is 2. The summed E-state index contributed by atoms with van der Waals surface area (Å²) in [6, 6.07) is 19.2. The number of nitrogens with one attached hydrogen (secondary N) is 2. The largest absolute Gasteiger partial charge is 0.378 e. The highest BCUT2D eigenvalue weighted by atomic mass is 16.1. The van der Waals surface area contributed by atoms with Crippen molar-refractivity contribution < 1.29 is 4.79 Å². The highest BCUT2D eigenvalue weighted by Crippen LogP contribution is 2.24. The predicted molar refractivity (Wildman–Crippen MR) is 115 cm³/mol. The smallest absolute Gasteiger partial charge is 0.276 e. The number of hydrogen-bond acceptors (Lipinski definition) is 5. The zero-order valence-electron chi connectivity index (χ0n) is 16.6. The predicted octanol–water partition coefficient (Wildman–Crippen LogP) is 4.66. The standard InChI is InChI=1S/C22H25N5O/c1-15(2)18-7-5-6-8-19(18)24-22(28)20-13-14-21(26-25-20)23-16-9-11-17(12-10-16)27(3)4/h5-15H,1-4H3,(H,23,26)(H,24,28). The third-order valence-electron chi connectivity index (χ3n) is 4.38. The van der Waals surface area contributed by atoms with Gasteiger partial charge >= 0.3 is 0 Å². The molecule has 2 N–H and O–H groups in total. The molecule has 0 fully saturated rings. The SMILES string of the molecule is CC(C)c1ccccc1NC(=O)c1ccc(Nc2ccc(N(C)C)cc2)nn1. The average molecular weight is 375 g/mol. The molecule has 3 aromatic rings. The van der Waals surface area contributed by atoms with Crippen LogP contribution in [0.1, 0.15) is 35.8 Å². The van der Waals surface area contributed by atoms with Crippen LogP contribution in [0.25, 0.3) is 0 Å². The maximum Gasteiger partial charge on any atom is 0.276 e. The van der Waals surface area contributed by atoms with E-state index in [-0.39, 0.29) is 11.6 Å². The number of carbonyl (C=O) groups excluding carboxylic acids is 1. The minimum absolute atomic E-state index is 0.270. The minimum atomic E-state index is -0.275. The summed E-state index contributed by atoms with van der Waals surface area (Å²) in [5.41, 5.74) is 4.18. The van der Waals surface area contributed by atoms with Crippen molar-refractivity contribution in [3.05, 3.63) is 71.9 Å². The third-order valence-corrected chi connectivity index (χ3v) is 4.38. The normalized spacial score (nSPS) is 10.6. The van der Waals surface area contributed by atoms with Gasteiger partial charge in [0, 0.05) is 31.2 Å². The van der Waals surface area contributed by atoms with Crippen molar-refractivity contribution in [2.75, 3.05) is 29.6 Å². The quantitative estimate of drug-likeness (QED) is 0.656. The van der Waals surface area contributed by atoms with Crippen molar-refractivity contribution in [1.82, 2.24) is 10.2 Å². The molecule has 0 aliphatic carbocycles. The van der Waals surface area contributed by atoms with Gasteiger partial charge < -0.3 is 15.5 Å². The molecule has 1 amide bonds. The maximum absolute atomic E-state index is 12.5. The van der Waals surface area contributed by atoms with Crippen molar-refractivity contribution >= 4 is 28.8 Å². The van der Waals surface area contributed by atoms with Crippen LogP contribution in [0.15, 0.2) is 60.7 Å². The lowest BCUT2D eigenvalue weighted by molar-refractivity contribution is 0.102. The van der Waals surface area contributed by atoms with Crippen LogP contribution in [-0.4, -0.2) is 30.2 Å². The highest BCUT2D eigenvalue weighted by molar-refractivity contribution is 6.03. The molecule has 0 unspecified atom stereocenters. The van der Waals surface area contributed by atoms with E-state index in [1.165, 1.54) is 0 Å². The first kappa shape index (κ1) is 19.4. The number of rotatable bonds is 6. The zero-order chi connectivity index (χ0) is 20.1. The van der Waals surface area contributed by atoms with Crippen LogP contribution >= 0.6 is 0 Å². The molecule has 0 radical (unpaired) electrons. The molecule has 0 spiro atoms. The van der Waals surface area contributed by atoms with Gasteiger partial charge in [-0.1, -0.05) is 32.0 Å². The second-order valence-electron chi connectivity index (χ2n) is 7.07. The van der Waals surface area contributed by atoms with Crippen molar-refractivity contribution in [1.29, 1.82) is 0 Å². The summed E-state index contributed by atoms with van der Waals surface area (Å²) in [5, 5.41) is 14.3. The number of amides is 1. The van der Waals surface area contributed by atoms with Crippen LogP contribution in [0.3, 0.4) is 0 Å². The molecule has 3 rings (SSSR count). The summed E-state index contributed by atoms with van der Waals surface area (Å²) < 4.78 is 0. The van der Waals surface area contributed by atoms with Gasteiger partial charge in [0.05, 0.1) is 0 Å².